The van der Waals surface area contributed by atoms with Crippen molar-refractivity contribution in [2.75, 3.05) is 5.32 Å². The van der Waals surface area contributed by atoms with Gasteiger partial charge < -0.3 is 14.8 Å². The molecule has 142 valence electrons. The standard InChI is InChI=1S/C19H16IN5O3/c1-10-15(8-5-13(9-21)16(10)20)22-17(11(2)26)19-24-23-18(28-19)12-3-6-14(25-27)7-4-12/h3-8,11,17,22,26H,1-2H3/t11-,17+/m0/s1. The van der Waals surface area contributed by atoms with Gasteiger partial charge in [0.25, 0.3) is 0 Å². The molecule has 3 rings (SSSR count). The number of aliphatic hydroxyl groups is 1. The Morgan fingerprint density at radius 3 is 2.57 bits per heavy atom. The highest BCUT2D eigenvalue weighted by Crippen LogP contribution is 2.30. The quantitative estimate of drug-likeness (QED) is 0.387. The Balaban J connectivity index is 1.89. The Bertz CT molecular complexity index is 1040. The largest absolute Gasteiger partial charge is 0.418 e. The number of aliphatic hydroxyl groups excluding tert-OH is 1. The minimum Gasteiger partial charge on any atom is -0.418 e. The Hall–Kier alpha value is -2.84. The summed E-state index contributed by atoms with van der Waals surface area (Å²) in [6, 6.07) is 11.4. The van der Waals surface area contributed by atoms with Crippen LogP contribution in [0, 0.1) is 26.7 Å². The number of aromatic nitrogens is 2. The van der Waals surface area contributed by atoms with Gasteiger partial charge in [-0.05, 0) is 83.6 Å². The van der Waals surface area contributed by atoms with Gasteiger partial charge in [-0.2, -0.15) is 5.26 Å². The maximum absolute atomic E-state index is 10.5. The van der Waals surface area contributed by atoms with Gasteiger partial charge in [0.2, 0.25) is 11.8 Å². The summed E-state index contributed by atoms with van der Waals surface area (Å²) in [6.45, 7) is 3.52. The molecule has 0 saturated carbocycles. The highest BCUT2D eigenvalue weighted by Gasteiger charge is 2.25. The second-order valence-electron chi connectivity index (χ2n) is 6.16. The Kier molecular flexibility index (Phi) is 6.01. The summed E-state index contributed by atoms with van der Waals surface area (Å²) >= 11 is 2.12. The summed E-state index contributed by atoms with van der Waals surface area (Å²) in [5.74, 6) is 0.493. The van der Waals surface area contributed by atoms with E-state index in [4.69, 9.17) is 9.68 Å². The SMILES string of the molecule is Cc1c(N[C@@H](c2nnc(-c3ccc(N=O)cc3)o2)[C@H](C)O)ccc(C#N)c1I. The van der Waals surface area contributed by atoms with Crippen molar-refractivity contribution in [2.24, 2.45) is 5.18 Å². The van der Waals surface area contributed by atoms with Crippen molar-refractivity contribution in [1.29, 1.82) is 5.26 Å². The molecule has 2 N–H and O–H groups in total. The van der Waals surface area contributed by atoms with Crippen molar-refractivity contribution in [2.45, 2.75) is 26.0 Å². The Labute approximate surface area is 174 Å². The van der Waals surface area contributed by atoms with Crippen LogP contribution in [0.3, 0.4) is 0 Å². The van der Waals surface area contributed by atoms with Crippen LogP contribution in [0.5, 0.6) is 0 Å². The van der Waals surface area contributed by atoms with E-state index in [1.807, 2.05) is 6.92 Å². The van der Waals surface area contributed by atoms with E-state index in [0.29, 0.717) is 16.8 Å². The third-order valence-corrected chi connectivity index (χ3v) is 5.62. The Morgan fingerprint density at radius 2 is 1.96 bits per heavy atom. The first-order valence-corrected chi connectivity index (χ1v) is 9.43. The molecule has 1 aromatic heterocycles. The van der Waals surface area contributed by atoms with Crippen LogP contribution >= 0.6 is 22.6 Å². The highest BCUT2D eigenvalue weighted by molar-refractivity contribution is 14.1. The minimum absolute atomic E-state index is 0.223. The van der Waals surface area contributed by atoms with Crippen molar-refractivity contribution in [3.05, 3.63) is 61.9 Å². The van der Waals surface area contributed by atoms with Crippen molar-refractivity contribution in [1.82, 2.24) is 10.2 Å². The van der Waals surface area contributed by atoms with Crippen LogP contribution in [0.25, 0.3) is 11.5 Å². The zero-order valence-electron chi connectivity index (χ0n) is 15.0. The van der Waals surface area contributed by atoms with Gasteiger partial charge in [-0.15, -0.1) is 15.1 Å². The van der Waals surface area contributed by atoms with Crippen LogP contribution in [-0.2, 0) is 0 Å². The summed E-state index contributed by atoms with van der Waals surface area (Å²) < 4.78 is 6.58. The average molecular weight is 489 g/mol. The van der Waals surface area contributed by atoms with Crippen molar-refractivity contribution in [3.63, 3.8) is 0 Å². The van der Waals surface area contributed by atoms with E-state index < -0.39 is 12.1 Å². The molecule has 9 heteroatoms. The predicted molar refractivity (Wildman–Crippen MR) is 112 cm³/mol. The number of nitroso groups, excluding NO2 is 1. The van der Waals surface area contributed by atoms with Gasteiger partial charge in [-0.1, -0.05) is 0 Å². The van der Waals surface area contributed by atoms with Gasteiger partial charge >= 0.3 is 0 Å². The van der Waals surface area contributed by atoms with Gasteiger partial charge in [-0.25, -0.2) is 0 Å². The number of hydrogen-bond donors (Lipinski definition) is 2. The lowest BCUT2D eigenvalue weighted by Gasteiger charge is -2.21. The molecular weight excluding hydrogens is 473 g/mol. The summed E-state index contributed by atoms with van der Waals surface area (Å²) in [5.41, 5.74) is 3.18. The molecule has 8 nitrogen and oxygen atoms in total. The fourth-order valence-electron chi connectivity index (χ4n) is 2.63. The van der Waals surface area contributed by atoms with Crippen molar-refractivity contribution in [3.8, 4) is 17.5 Å². The summed E-state index contributed by atoms with van der Waals surface area (Å²) in [7, 11) is 0. The molecule has 0 unspecified atom stereocenters. The number of halogens is 1. The van der Waals surface area contributed by atoms with E-state index >= 15 is 0 Å². The molecule has 3 aromatic rings. The predicted octanol–water partition coefficient (Wildman–Crippen LogP) is 4.45. The van der Waals surface area contributed by atoms with Gasteiger partial charge in [0.15, 0.2) is 0 Å². The van der Waals surface area contributed by atoms with Crippen LogP contribution in [0.4, 0.5) is 11.4 Å². The van der Waals surface area contributed by atoms with E-state index in [1.165, 1.54) is 0 Å². The molecule has 1 heterocycles. The first-order valence-electron chi connectivity index (χ1n) is 8.35. The molecule has 0 bridgehead atoms. The minimum atomic E-state index is -0.817. The third-order valence-electron chi connectivity index (χ3n) is 4.23. The molecule has 0 fully saturated rings. The fraction of sp³-hybridized carbons (Fsp3) is 0.211. The smallest absolute Gasteiger partial charge is 0.247 e. The maximum Gasteiger partial charge on any atom is 0.247 e. The zero-order valence-corrected chi connectivity index (χ0v) is 17.2. The van der Waals surface area contributed by atoms with Crippen LogP contribution < -0.4 is 5.32 Å². The van der Waals surface area contributed by atoms with Crippen molar-refractivity contribution < 1.29 is 9.52 Å². The highest BCUT2D eigenvalue weighted by atomic mass is 127. The number of nitrogens with zero attached hydrogens (tertiary/aromatic N) is 4. The van der Waals surface area contributed by atoms with Crippen LogP contribution in [0.1, 0.15) is 30.0 Å². The summed E-state index contributed by atoms with van der Waals surface area (Å²) in [6.07, 6.45) is -0.817. The molecule has 0 amide bonds. The normalized spacial score (nSPS) is 12.8. The van der Waals surface area contributed by atoms with Crippen LogP contribution in [-0.4, -0.2) is 21.4 Å². The summed E-state index contributed by atoms with van der Waals surface area (Å²) in [4.78, 5) is 10.5. The first-order chi connectivity index (χ1) is 13.4. The Morgan fingerprint density at radius 1 is 1.25 bits per heavy atom. The average Bonchev–Trinajstić information content (AvgIpc) is 3.18. The van der Waals surface area contributed by atoms with E-state index in [9.17, 15) is 10.0 Å². The third kappa shape index (κ3) is 4.02. The number of benzene rings is 2. The zero-order chi connectivity index (χ0) is 20.3. The maximum atomic E-state index is 10.5. The van der Waals surface area contributed by atoms with Gasteiger partial charge in [-0.3, -0.25) is 0 Å². The van der Waals surface area contributed by atoms with Gasteiger partial charge in [0.05, 0.1) is 11.7 Å². The lowest BCUT2D eigenvalue weighted by Crippen LogP contribution is -2.23. The second kappa shape index (κ2) is 8.45. The number of rotatable bonds is 6. The van der Waals surface area contributed by atoms with Crippen LogP contribution in [0.2, 0.25) is 0 Å². The first kappa shape index (κ1) is 19.9. The second-order valence-corrected chi connectivity index (χ2v) is 7.24. The molecule has 0 spiro atoms. The molecule has 0 aliphatic carbocycles. The van der Waals surface area contributed by atoms with Crippen LogP contribution in [0.15, 0.2) is 46.0 Å². The number of hydrogen-bond acceptors (Lipinski definition) is 8. The molecule has 0 aliphatic heterocycles. The lowest BCUT2D eigenvalue weighted by molar-refractivity contribution is 0.159. The number of nitriles is 1. The summed E-state index contributed by atoms with van der Waals surface area (Å²) in [5, 5.41) is 33.6. The molecule has 0 radical (unpaired) electrons. The molecule has 0 saturated heterocycles. The number of nitrogens with one attached hydrogen (secondary N) is 1. The van der Waals surface area contributed by atoms with Gasteiger partial charge in [0, 0.05) is 14.8 Å². The molecule has 2 aromatic carbocycles. The van der Waals surface area contributed by atoms with E-state index in [2.05, 4.69) is 49.4 Å². The lowest BCUT2D eigenvalue weighted by atomic mass is 10.1. The number of anilines is 1. The van der Waals surface area contributed by atoms with E-state index in [-0.39, 0.29) is 11.8 Å². The van der Waals surface area contributed by atoms with Crippen molar-refractivity contribution >= 4 is 34.0 Å². The molecular formula is C19H16IN5O3. The van der Waals surface area contributed by atoms with E-state index in [0.717, 1.165) is 14.8 Å². The van der Waals surface area contributed by atoms with Gasteiger partial charge in [0.1, 0.15) is 17.8 Å². The monoisotopic (exact) mass is 489 g/mol. The van der Waals surface area contributed by atoms with E-state index in [1.54, 1.807) is 43.3 Å². The molecule has 2 atom stereocenters. The molecule has 28 heavy (non-hydrogen) atoms. The fourth-order valence-corrected chi connectivity index (χ4v) is 3.22. The topological polar surface area (TPSA) is 124 Å². The molecule has 0 aliphatic rings.